The Labute approximate surface area is 141 Å². The molecule has 1 unspecified atom stereocenters. The molecule has 6 heteroatoms. The van der Waals surface area contributed by atoms with Gasteiger partial charge in [0, 0.05) is 31.2 Å². The van der Waals surface area contributed by atoms with E-state index >= 15 is 0 Å². The molecule has 1 atom stereocenters. The van der Waals surface area contributed by atoms with Crippen molar-refractivity contribution in [3.05, 3.63) is 45.8 Å². The lowest BCUT2D eigenvalue weighted by atomic mass is 10.0. The van der Waals surface area contributed by atoms with E-state index in [2.05, 4.69) is 21.7 Å². The fourth-order valence-electron chi connectivity index (χ4n) is 3.79. The predicted molar refractivity (Wildman–Crippen MR) is 92.0 cm³/mol. The lowest BCUT2D eigenvalue weighted by Crippen LogP contribution is -2.41. The van der Waals surface area contributed by atoms with Crippen LogP contribution in [0.4, 0.5) is 5.95 Å². The number of hydrogen-bond donors (Lipinski definition) is 1. The molecular weight excluding hydrogens is 304 g/mol. The molecule has 0 aromatic carbocycles. The number of H-pyrrole nitrogens is 1. The minimum Gasteiger partial charge on any atom is -0.468 e. The van der Waals surface area contributed by atoms with Crippen LogP contribution in [-0.4, -0.2) is 34.0 Å². The second-order valence-corrected chi connectivity index (χ2v) is 6.89. The Balaban J connectivity index is 1.58. The van der Waals surface area contributed by atoms with E-state index in [1.807, 2.05) is 12.1 Å². The van der Waals surface area contributed by atoms with Gasteiger partial charge in [0.1, 0.15) is 5.76 Å². The molecule has 0 spiro atoms. The molecule has 0 aliphatic carbocycles. The summed E-state index contributed by atoms with van der Waals surface area (Å²) < 4.78 is 5.44. The summed E-state index contributed by atoms with van der Waals surface area (Å²) in [6, 6.07) is 4.33. The van der Waals surface area contributed by atoms with Crippen molar-refractivity contribution >= 4 is 5.95 Å². The molecular formula is C18H24N4O2. The monoisotopic (exact) mass is 328 g/mol. The van der Waals surface area contributed by atoms with Crippen LogP contribution in [0.25, 0.3) is 0 Å². The Morgan fingerprint density at radius 1 is 1.38 bits per heavy atom. The van der Waals surface area contributed by atoms with Crippen LogP contribution in [0.2, 0.25) is 0 Å². The Morgan fingerprint density at radius 3 is 3.08 bits per heavy atom. The Kier molecular flexibility index (Phi) is 4.14. The molecule has 1 fully saturated rings. The number of fused-ring (bicyclic) bond motifs is 1. The minimum atomic E-state index is 0.0328. The Bertz CT molecular complexity index is 753. The number of nitrogens with zero attached hydrogens (tertiary/aromatic N) is 3. The van der Waals surface area contributed by atoms with Crippen LogP contribution in [0.15, 0.2) is 27.6 Å². The zero-order valence-electron chi connectivity index (χ0n) is 14.1. The summed E-state index contributed by atoms with van der Waals surface area (Å²) in [7, 11) is 0. The number of nitrogens with one attached hydrogen (secondary N) is 1. The largest absolute Gasteiger partial charge is 0.468 e. The summed E-state index contributed by atoms with van der Waals surface area (Å²) in [5.74, 6) is 1.69. The van der Waals surface area contributed by atoms with Crippen molar-refractivity contribution in [1.82, 2.24) is 14.9 Å². The number of piperidine rings is 1. The van der Waals surface area contributed by atoms with E-state index in [0.29, 0.717) is 12.6 Å². The van der Waals surface area contributed by atoms with Crippen molar-refractivity contribution < 1.29 is 4.42 Å². The second kappa shape index (κ2) is 6.43. The highest BCUT2D eigenvalue weighted by Gasteiger charge is 2.25. The normalized spacial score (nSPS) is 21.7. The first-order valence-electron chi connectivity index (χ1n) is 8.84. The molecule has 4 heterocycles. The molecule has 0 amide bonds. The van der Waals surface area contributed by atoms with Gasteiger partial charge in [0.05, 0.1) is 18.5 Å². The standard InChI is InChI=1S/C18H24N4O2/c1-13-5-2-3-8-22(13)18-19-16-12-21(11-14-6-4-10-24-14)9-7-15(16)17(23)20-18/h4,6,10,13H,2-3,5,7-9,11-12H2,1H3,(H,19,20,23). The van der Waals surface area contributed by atoms with Gasteiger partial charge in [-0.25, -0.2) is 4.98 Å². The van der Waals surface area contributed by atoms with Gasteiger partial charge in [0.15, 0.2) is 0 Å². The van der Waals surface area contributed by atoms with Gasteiger partial charge < -0.3 is 9.32 Å². The molecule has 2 aliphatic heterocycles. The zero-order chi connectivity index (χ0) is 16.5. The number of hydrogen-bond acceptors (Lipinski definition) is 5. The highest BCUT2D eigenvalue weighted by atomic mass is 16.3. The third-order valence-electron chi connectivity index (χ3n) is 5.17. The van der Waals surface area contributed by atoms with E-state index in [4.69, 9.17) is 9.40 Å². The third-order valence-corrected chi connectivity index (χ3v) is 5.17. The first-order valence-corrected chi connectivity index (χ1v) is 8.84. The summed E-state index contributed by atoms with van der Waals surface area (Å²) in [6.07, 6.45) is 6.02. The molecule has 1 saturated heterocycles. The third kappa shape index (κ3) is 2.98. The summed E-state index contributed by atoms with van der Waals surface area (Å²) in [4.78, 5) is 24.9. The summed E-state index contributed by atoms with van der Waals surface area (Å²) in [5.41, 5.74) is 1.80. The van der Waals surface area contributed by atoms with Crippen molar-refractivity contribution in [2.75, 3.05) is 18.0 Å². The van der Waals surface area contributed by atoms with Gasteiger partial charge in [-0.05, 0) is 44.7 Å². The van der Waals surface area contributed by atoms with Crippen LogP contribution in [0.5, 0.6) is 0 Å². The van der Waals surface area contributed by atoms with Crippen LogP contribution in [0.1, 0.15) is 43.2 Å². The Hall–Kier alpha value is -2.08. The molecule has 0 radical (unpaired) electrons. The minimum absolute atomic E-state index is 0.0328. The molecule has 2 aromatic rings. The van der Waals surface area contributed by atoms with Crippen LogP contribution in [0.3, 0.4) is 0 Å². The van der Waals surface area contributed by atoms with Crippen molar-refractivity contribution in [1.29, 1.82) is 0 Å². The quantitative estimate of drug-likeness (QED) is 0.936. The summed E-state index contributed by atoms with van der Waals surface area (Å²) >= 11 is 0. The molecule has 4 rings (SSSR count). The predicted octanol–water partition coefficient (Wildman–Crippen LogP) is 2.30. The van der Waals surface area contributed by atoms with Gasteiger partial charge in [0.2, 0.25) is 5.95 Å². The molecule has 1 N–H and O–H groups in total. The van der Waals surface area contributed by atoms with E-state index in [1.165, 1.54) is 6.42 Å². The van der Waals surface area contributed by atoms with Crippen LogP contribution in [-0.2, 0) is 19.5 Å². The zero-order valence-corrected chi connectivity index (χ0v) is 14.1. The van der Waals surface area contributed by atoms with Crippen molar-refractivity contribution in [3.63, 3.8) is 0 Å². The SMILES string of the molecule is CC1CCCCN1c1nc2c(c(=O)[nH]1)CCN(Cc1ccco1)C2. The number of aromatic amines is 1. The van der Waals surface area contributed by atoms with E-state index in [0.717, 1.165) is 61.9 Å². The van der Waals surface area contributed by atoms with Crippen LogP contribution >= 0.6 is 0 Å². The first kappa shape index (κ1) is 15.4. The first-order chi connectivity index (χ1) is 11.7. The second-order valence-electron chi connectivity index (χ2n) is 6.89. The van der Waals surface area contributed by atoms with Crippen molar-refractivity contribution in [2.45, 2.75) is 51.7 Å². The van der Waals surface area contributed by atoms with Crippen LogP contribution < -0.4 is 10.5 Å². The fourth-order valence-corrected chi connectivity index (χ4v) is 3.79. The average Bonchev–Trinajstić information content (AvgIpc) is 3.08. The number of rotatable bonds is 3. The molecule has 2 aromatic heterocycles. The van der Waals surface area contributed by atoms with Crippen molar-refractivity contribution in [2.24, 2.45) is 0 Å². The van der Waals surface area contributed by atoms with Gasteiger partial charge in [-0.2, -0.15) is 0 Å². The van der Waals surface area contributed by atoms with E-state index in [9.17, 15) is 4.79 Å². The van der Waals surface area contributed by atoms with E-state index in [-0.39, 0.29) is 5.56 Å². The van der Waals surface area contributed by atoms with Crippen LogP contribution in [0, 0.1) is 0 Å². The molecule has 0 bridgehead atoms. The molecule has 6 nitrogen and oxygen atoms in total. The molecule has 2 aliphatic rings. The van der Waals surface area contributed by atoms with Gasteiger partial charge in [-0.15, -0.1) is 0 Å². The maximum Gasteiger partial charge on any atom is 0.255 e. The highest BCUT2D eigenvalue weighted by Crippen LogP contribution is 2.23. The lowest BCUT2D eigenvalue weighted by Gasteiger charge is -2.35. The highest BCUT2D eigenvalue weighted by molar-refractivity contribution is 5.36. The number of furan rings is 1. The average molecular weight is 328 g/mol. The maximum absolute atomic E-state index is 12.5. The number of anilines is 1. The smallest absolute Gasteiger partial charge is 0.255 e. The Morgan fingerprint density at radius 2 is 2.29 bits per heavy atom. The van der Waals surface area contributed by atoms with Gasteiger partial charge in [0.25, 0.3) is 5.56 Å². The fraction of sp³-hybridized carbons (Fsp3) is 0.556. The summed E-state index contributed by atoms with van der Waals surface area (Å²) in [6.45, 7) is 5.50. The summed E-state index contributed by atoms with van der Waals surface area (Å²) in [5, 5.41) is 0. The molecule has 0 saturated carbocycles. The molecule has 24 heavy (non-hydrogen) atoms. The van der Waals surface area contributed by atoms with Gasteiger partial charge in [-0.1, -0.05) is 0 Å². The van der Waals surface area contributed by atoms with Crippen molar-refractivity contribution in [3.8, 4) is 0 Å². The van der Waals surface area contributed by atoms with Gasteiger partial charge in [-0.3, -0.25) is 14.7 Å². The van der Waals surface area contributed by atoms with E-state index < -0.39 is 0 Å². The van der Waals surface area contributed by atoms with E-state index in [1.54, 1.807) is 6.26 Å². The number of aromatic nitrogens is 2. The van der Waals surface area contributed by atoms with Gasteiger partial charge >= 0.3 is 0 Å². The lowest BCUT2D eigenvalue weighted by molar-refractivity contribution is 0.221. The molecule has 128 valence electrons. The topological polar surface area (TPSA) is 65.4 Å². The maximum atomic E-state index is 12.5.